The lowest BCUT2D eigenvalue weighted by molar-refractivity contribution is 0.0873. The number of hydrogen-bond donors (Lipinski definition) is 1. The maximum absolute atomic E-state index is 12.1. The van der Waals surface area contributed by atoms with Crippen molar-refractivity contribution in [3.8, 4) is 5.88 Å². The van der Waals surface area contributed by atoms with Crippen molar-refractivity contribution in [3.63, 3.8) is 0 Å². The quantitative estimate of drug-likeness (QED) is 0.782. The van der Waals surface area contributed by atoms with Crippen LogP contribution in [0.15, 0.2) is 24.3 Å². The third kappa shape index (κ3) is 4.15. The SMILES string of the molecule is CCCCN1CCC(CC2CCn3c(c(C(N)=O)c4ccccc43)O2)CC1.Cl. The van der Waals surface area contributed by atoms with Crippen LogP contribution in [0.25, 0.3) is 10.9 Å². The van der Waals surface area contributed by atoms with Crippen LogP contribution in [-0.2, 0) is 6.54 Å². The summed E-state index contributed by atoms with van der Waals surface area (Å²) in [7, 11) is 0. The van der Waals surface area contributed by atoms with Crippen LogP contribution in [0.2, 0.25) is 0 Å². The molecule has 2 aliphatic heterocycles. The number of aromatic nitrogens is 1. The molecule has 6 heteroatoms. The first kappa shape index (κ1) is 21.0. The van der Waals surface area contributed by atoms with E-state index in [0.29, 0.717) is 11.4 Å². The first-order valence-corrected chi connectivity index (χ1v) is 10.5. The molecule has 28 heavy (non-hydrogen) atoms. The van der Waals surface area contributed by atoms with Crippen LogP contribution in [0.4, 0.5) is 0 Å². The van der Waals surface area contributed by atoms with Gasteiger partial charge in [-0.1, -0.05) is 31.5 Å². The summed E-state index contributed by atoms with van der Waals surface area (Å²) < 4.78 is 8.48. The number of hydrogen-bond acceptors (Lipinski definition) is 3. The molecule has 1 unspecified atom stereocenters. The number of ether oxygens (including phenoxy) is 1. The molecule has 154 valence electrons. The first-order valence-electron chi connectivity index (χ1n) is 10.5. The molecule has 0 radical (unpaired) electrons. The fourth-order valence-electron chi connectivity index (χ4n) is 4.72. The number of piperidine rings is 1. The van der Waals surface area contributed by atoms with E-state index in [0.717, 1.165) is 36.2 Å². The highest BCUT2D eigenvalue weighted by molar-refractivity contribution is 6.09. The van der Waals surface area contributed by atoms with Gasteiger partial charge in [-0.05, 0) is 57.3 Å². The van der Waals surface area contributed by atoms with E-state index in [-0.39, 0.29) is 18.5 Å². The lowest BCUT2D eigenvalue weighted by Gasteiger charge is -2.35. The Bertz CT molecular complexity index is 811. The van der Waals surface area contributed by atoms with Gasteiger partial charge in [0.25, 0.3) is 5.91 Å². The molecule has 3 heterocycles. The highest BCUT2D eigenvalue weighted by Gasteiger charge is 2.30. The van der Waals surface area contributed by atoms with Crippen LogP contribution in [-0.4, -0.2) is 41.1 Å². The van der Waals surface area contributed by atoms with Gasteiger partial charge in [0.1, 0.15) is 11.7 Å². The second-order valence-corrected chi connectivity index (χ2v) is 8.12. The van der Waals surface area contributed by atoms with Crippen molar-refractivity contribution in [2.24, 2.45) is 11.7 Å². The molecular formula is C22H32ClN3O2. The largest absolute Gasteiger partial charge is 0.475 e. The Hall–Kier alpha value is -1.72. The summed E-state index contributed by atoms with van der Waals surface area (Å²) in [5, 5.41) is 0.907. The van der Waals surface area contributed by atoms with Crippen molar-refractivity contribution in [1.82, 2.24) is 9.47 Å². The molecule has 1 aromatic heterocycles. The lowest BCUT2D eigenvalue weighted by Crippen LogP contribution is -2.37. The maximum Gasteiger partial charge on any atom is 0.254 e. The van der Waals surface area contributed by atoms with Crippen LogP contribution in [0, 0.1) is 5.92 Å². The van der Waals surface area contributed by atoms with Gasteiger partial charge in [0.05, 0.1) is 5.52 Å². The zero-order chi connectivity index (χ0) is 18.8. The van der Waals surface area contributed by atoms with Crippen molar-refractivity contribution in [2.45, 2.75) is 58.1 Å². The Morgan fingerprint density at radius 2 is 1.93 bits per heavy atom. The maximum atomic E-state index is 12.1. The van der Waals surface area contributed by atoms with Crippen molar-refractivity contribution < 1.29 is 9.53 Å². The minimum atomic E-state index is -0.398. The summed E-state index contributed by atoms with van der Waals surface area (Å²) in [4.78, 5) is 14.7. The predicted octanol–water partition coefficient (Wildman–Crippen LogP) is 4.22. The number of amides is 1. The Morgan fingerprint density at radius 3 is 2.64 bits per heavy atom. The van der Waals surface area contributed by atoms with E-state index in [1.807, 2.05) is 24.3 Å². The summed E-state index contributed by atoms with van der Waals surface area (Å²) in [6.45, 7) is 6.82. The molecule has 0 saturated carbocycles. The summed E-state index contributed by atoms with van der Waals surface area (Å²) in [6, 6.07) is 7.95. The topological polar surface area (TPSA) is 60.5 Å². The van der Waals surface area contributed by atoms with E-state index >= 15 is 0 Å². The van der Waals surface area contributed by atoms with Crippen LogP contribution < -0.4 is 10.5 Å². The van der Waals surface area contributed by atoms with E-state index in [9.17, 15) is 4.79 Å². The minimum absolute atomic E-state index is 0. The molecule has 0 spiro atoms. The number of nitrogens with two attached hydrogens (primary N) is 1. The molecule has 1 aromatic carbocycles. The molecular weight excluding hydrogens is 374 g/mol. The fourth-order valence-corrected chi connectivity index (χ4v) is 4.72. The van der Waals surface area contributed by atoms with Crippen LogP contribution in [0.1, 0.15) is 55.8 Å². The van der Waals surface area contributed by atoms with Crippen LogP contribution in [0.3, 0.4) is 0 Å². The number of carbonyl (C=O) groups is 1. The number of carbonyl (C=O) groups excluding carboxylic acids is 1. The molecule has 0 bridgehead atoms. The summed E-state index contributed by atoms with van der Waals surface area (Å²) >= 11 is 0. The normalized spacial score (nSPS) is 20.4. The number of aryl methyl sites for hydroxylation is 1. The van der Waals surface area contributed by atoms with Crippen molar-refractivity contribution in [1.29, 1.82) is 0 Å². The van der Waals surface area contributed by atoms with Gasteiger partial charge < -0.3 is 19.9 Å². The molecule has 1 atom stereocenters. The predicted molar refractivity (Wildman–Crippen MR) is 115 cm³/mol. The summed E-state index contributed by atoms with van der Waals surface area (Å²) in [5.41, 5.74) is 7.29. The van der Waals surface area contributed by atoms with Gasteiger partial charge >= 0.3 is 0 Å². The van der Waals surface area contributed by atoms with Gasteiger partial charge in [0, 0.05) is 18.4 Å². The van der Waals surface area contributed by atoms with E-state index in [2.05, 4.69) is 16.4 Å². The number of fused-ring (bicyclic) bond motifs is 3. The summed E-state index contributed by atoms with van der Waals surface area (Å²) in [6.07, 6.45) is 7.36. The van der Waals surface area contributed by atoms with Crippen molar-refractivity contribution in [3.05, 3.63) is 29.8 Å². The van der Waals surface area contributed by atoms with Crippen molar-refractivity contribution >= 4 is 29.2 Å². The Kier molecular flexibility index (Phi) is 6.89. The first-order chi connectivity index (χ1) is 13.2. The lowest BCUT2D eigenvalue weighted by atomic mass is 9.90. The molecule has 5 nitrogen and oxygen atoms in total. The van der Waals surface area contributed by atoms with E-state index in [1.54, 1.807) is 0 Å². The van der Waals surface area contributed by atoms with Gasteiger partial charge in [0.2, 0.25) is 5.88 Å². The fraction of sp³-hybridized carbons (Fsp3) is 0.591. The Balaban J connectivity index is 0.00000225. The number of likely N-dealkylation sites (tertiary alicyclic amines) is 1. The molecule has 0 aliphatic carbocycles. The van der Waals surface area contributed by atoms with Gasteiger partial charge in [0.15, 0.2) is 0 Å². The standard InChI is InChI=1S/C22H31N3O2.ClH/c1-2-3-11-24-12-8-16(9-13-24)15-17-10-14-25-19-7-5-4-6-18(19)20(21(23)26)22(25)27-17;/h4-7,16-17H,2-3,8-15H2,1H3,(H2,23,26);1H. The minimum Gasteiger partial charge on any atom is -0.475 e. The number of halogens is 1. The number of primary amides is 1. The molecule has 2 N–H and O–H groups in total. The van der Waals surface area contributed by atoms with Gasteiger partial charge in [-0.3, -0.25) is 4.79 Å². The van der Waals surface area contributed by atoms with Crippen molar-refractivity contribution in [2.75, 3.05) is 19.6 Å². The van der Waals surface area contributed by atoms with E-state index in [1.165, 1.54) is 45.3 Å². The highest BCUT2D eigenvalue weighted by Crippen LogP contribution is 2.37. The second-order valence-electron chi connectivity index (χ2n) is 8.12. The highest BCUT2D eigenvalue weighted by atomic mass is 35.5. The number of rotatable bonds is 6. The molecule has 1 saturated heterocycles. The number of benzene rings is 1. The van der Waals surface area contributed by atoms with E-state index < -0.39 is 5.91 Å². The second kappa shape index (κ2) is 9.19. The van der Waals surface area contributed by atoms with Crippen LogP contribution >= 0.6 is 12.4 Å². The van der Waals surface area contributed by atoms with Gasteiger partial charge in [-0.15, -0.1) is 12.4 Å². The monoisotopic (exact) mass is 405 g/mol. The third-order valence-electron chi connectivity index (χ3n) is 6.25. The molecule has 1 fully saturated rings. The molecule has 2 aromatic rings. The van der Waals surface area contributed by atoms with E-state index in [4.69, 9.17) is 10.5 Å². The van der Waals surface area contributed by atoms with Crippen LogP contribution in [0.5, 0.6) is 5.88 Å². The average molecular weight is 406 g/mol. The smallest absolute Gasteiger partial charge is 0.254 e. The zero-order valence-corrected chi connectivity index (χ0v) is 17.5. The number of para-hydroxylation sites is 1. The average Bonchev–Trinajstić information content (AvgIpc) is 3.01. The Morgan fingerprint density at radius 1 is 1.18 bits per heavy atom. The molecule has 2 aliphatic rings. The Labute approximate surface area is 173 Å². The zero-order valence-electron chi connectivity index (χ0n) is 16.7. The number of unbranched alkanes of at least 4 members (excludes halogenated alkanes) is 1. The summed E-state index contributed by atoms with van der Waals surface area (Å²) in [5.74, 6) is 1.01. The number of nitrogens with zero attached hydrogens (tertiary/aromatic N) is 2. The van der Waals surface area contributed by atoms with Gasteiger partial charge in [-0.2, -0.15) is 0 Å². The molecule has 1 amide bonds. The molecule has 4 rings (SSSR count). The van der Waals surface area contributed by atoms with Gasteiger partial charge in [-0.25, -0.2) is 0 Å². The third-order valence-corrected chi connectivity index (χ3v) is 6.25.